The number of nitrogens with one attached hydrogen (secondary N) is 1. The number of hydrogen-bond donors (Lipinski definition) is 1. The number of amides is 3. The van der Waals surface area contributed by atoms with Gasteiger partial charge in [-0.2, -0.15) is 0 Å². The minimum atomic E-state index is -0.416. The van der Waals surface area contributed by atoms with Crippen molar-refractivity contribution in [3.63, 3.8) is 0 Å². The standard InChI is InChI=1S/C16H17BrN2O4/c1-4-6-23-14-11(17)7-10(9-13(14)22-3)8-12-15(20)19(5-2)16(21)18-12/h4,7-9H,1,5-6H2,2-3H3,(H,18,21)/b12-8+. The Bertz CT molecular complexity index is 685. The second-order valence-electron chi connectivity index (χ2n) is 4.67. The van der Waals surface area contributed by atoms with Crippen molar-refractivity contribution >= 4 is 33.9 Å². The van der Waals surface area contributed by atoms with Gasteiger partial charge in [0.1, 0.15) is 12.3 Å². The number of imide groups is 1. The molecule has 7 heteroatoms. The lowest BCUT2D eigenvalue weighted by atomic mass is 10.1. The molecule has 1 heterocycles. The van der Waals surface area contributed by atoms with Gasteiger partial charge in [0, 0.05) is 6.54 Å². The van der Waals surface area contributed by atoms with Gasteiger partial charge in [-0.1, -0.05) is 12.7 Å². The predicted octanol–water partition coefficient (Wildman–Crippen LogP) is 2.94. The topological polar surface area (TPSA) is 67.9 Å². The van der Waals surface area contributed by atoms with Gasteiger partial charge in [0.2, 0.25) is 0 Å². The molecule has 0 saturated carbocycles. The van der Waals surface area contributed by atoms with Crippen molar-refractivity contribution < 1.29 is 19.1 Å². The van der Waals surface area contributed by atoms with Crippen LogP contribution in [0.1, 0.15) is 12.5 Å². The lowest BCUT2D eigenvalue weighted by Crippen LogP contribution is -2.30. The van der Waals surface area contributed by atoms with E-state index in [2.05, 4.69) is 27.8 Å². The van der Waals surface area contributed by atoms with Crippen LogP contribution in [-0.2, 0) is 4.79 Å². The molecule has 0 unspecified atom stereocenters. The molecule has 23 heavy (non-hydrogen) atoms. The van der Waals surface area contributed by atoms with E-state index in [1.807, 2.05) is 0 Å². The van der Waals surface area contributed by atoms with Crippen molar-refractivity contribution in [1.29, 1.82) is 0 Å². The Hall–Kier alpha value is -2.28. The monoisotopic (exact) mass is 380 g/mol. The quantitative estimate of drug-likeness (QED) is 0.468. The van der Waals surface area contributed by atoms with Crippen LogP contribution in [0, 0.1) is 0 Å². The number of rotatable bonds is 6. The van der Waals surface area contributed by atoms with Crippen molar-refractivity contribution in [3.05, 3.63) is 40.5 Å². The minimum absolute atomic E-state index is 0.227. The van der Waals surface area contributed by atoms with Gasteiger partial charge in [0.05, 0.1) is 11.6 Å². The Labute approximate surface area is 142 Å². The highest BCUT2D eigenvalue weighted by atomic mass is 79.9. The molecule has 3 amide bonds. The third-order valence-electron chi connectivity index (χ3n) is 3.19. The normalized spacial score (nSPS) is 15.8. The number of ether oxygens (including phenoxy) is 2. The van der Waals surface area contributed by atoms with Gasteiger partial charge in [0.25, 0.3) is 5.91 Å². The Morgan fingerprint density at radius 2 is 2.13 bits per heavy atom. The lowest BCUT2D eigenvalue weighted by molar-refractivity contribution is -0.122. The molecule has 2 rings (SSSR count). The molecule has 1 aliphatic heterocycles. The van der Waals surface area contributed by atoms with Gasteiger partial charge in [-0.05, 0) is 46.6 Å². The maximum absolute atomic E-state index is 12.1. The molecule has 0 aromatic heterocycles. The zero-order valence-electron chi connectivity index (χ0n) is 12.9. The molecule has 122 valence electrons. The molecular weight excluding hydrogens is 364 g/mol. The van der Waals surface area contributed by atoms with Crippen LogP contribution in [0.5, 0.6) is 11.5 Å². The van der Waals surface area contributed by atoms with Crippen LogP contribution >= 0.6 is 15.9 Å². The number of likely N-dealkylation sites (N-methyl/N-ethyl adjacent to an activating group) is 1. The number of halogens is 1. The summed E-state index contributed by atoms with van der Waals surface area (Å²) in [5.74, 6) is 0.711. The molecule has 1 aliphatic rings. The van der Waals surface area contributed by atoms with Crippen molar-refractivity contribution in [2.45, 2.75) is 6.92 Å². The van der Waals surface area contributed by atoms with E-state index in [4.69, 9.17) is 9.47 Å². The maximum atomic E-state index is 12.1. The van der Waals surface area contributed by atoms with Crippen LogP contribution in [0.4, 0.5) is 4.79 Å². The van der Waals surface area contributed by atoms with E-state index in [0.717, 1.165) is 4.90 Å². The predicted molar refractivity (Wildman–Crippen MR) is 90.3 cm³/mol. The molecule has 6 nitrogen and oxygen atoms in total. The van der Waals surface area contributed by atoms with Crippen LogP contribution in [0.15, 0.2) is 35.0 Å². The average molecular weight is 381 g/mol. The summed E-state index contributed by atoms with van der Waals surface area (Å²) in [6.07, 6.45) is 3.23. The van der Waals surface area contributed by atoms with Gasteiger partial charge < -0.3 is 14.8 Å². The van der Waals surface area contributed by atoms with E-state index in [1.165, 1.54) is 7.11 Å². The van der Waals surface area contributed by atoms with E-state index in [0.29, 0.717) is 34.7 Å². The van der Waals surface area contributed by atoms with Crippen LogP contribution in [0.2, 0.25) is 0 Å². The molecule has 1 saturated heterocycles. The second kappa shape index (κ2) is 7.32. The Kier molecular flexibility index (Phi) is 5.44. The molecule has 1 N–H and O–H groups in total. The van der Waals surface area contributed by atoms with Crippen molar-refractivity contribution in [3.8, 4) is 11.5 Å². The summed E-state index contributed by atoms with van der Waals surface area (Å²) in [5, 5.41) is 2.56. The number of nitrogens with zero attached hydrogens (tertiary/aromatic N) is 1. The Balaban J connectivity index is 2.36. The summed E-state index contributed by atoms with van der Waals surface area (Å²) < 4.78 is 11.5. The first-order chi connectivity index (χ1) is 11.0. The molecule has 0 aliphatic carbocycles. The highest BCUT2D eigenvalue weighted by Gasteiger charge is 2.32. The first-order valence-corrected chi connectivity index (χ1v) is 7.76. The number of methoxy groups -OCH3 is 1. The summed E-state index contributed by atoms with van der Waals surface area (Å²) in [4.78, 5) is 24.9. The lowest BCUT2D eigenvalue weighted by Gasteiger charge is -2.12. The molecule has 0 spiro atoms. The molecule has 1 aromatic carbocycles. The highest BCUT2D eigenvalue weighted by Crippen LogP contribution is 2.37. The van der Waals surface area contributed by atoms with Crippen molar-refractivity contribution in [2.24, 2.45) is 0 Å². The smallest absolute Gasteiger partial charge is 0.328 e. The average Bonchev–Trinajstić information content (AvgIpc) is 2.79. The Morgan fingerprint density at radius 1 is 1.39 bits per heavy atom. The molecule has 0 atom stereocenters. The van der Waals surface area contributed by atoms with Crippen LogP contribution < -0.4 is 14.8 Å². The van der Waals surface area contributed by atoms with Crippen LogP contribution in [-0.4, -0.2) is 37.1 Å². The number of urea groups is 1. The van der Waals surface area contributed by atoms with Gasteiger partial charge in [-0.15, -0.1) is 0 Å². The number of benzene rings is 1. The van der Waals surface area contributed by atoms with Gasteiger partial charge in [-0.3, -0.25) is 9.69 Å². The number of carbonyl (C=O) groups is 2. The number of hydrogen-bond acceptors (Lipinski definition) is 4. The van der Waals surface area contributed by atoms with Crippen molar-refractivity contribution in [1.82, 2.24) is 10.2 Å². The van der Waals surface area contributed by atoms with Gasteiger partial charge >= 0.3 is 6.03 Å². The maximum Gasteiger partial charge on any atom is 0.328 e. The first-order valence-electron chi connectivity index (χ1n) is 6.97. The molecule has 1 fully saturated rings. The molecule has 0 bridgehead atoms. The van der Waals surface area contributed by atoms with Crippen molar-refractivity contribution in [2.75, 3.05) is 20.3 Å². The van der Waals surface area contributed by atoms with E-state index in [9.17, 15) is 9.59 Å². The summed E-state index contributed by atoms with van der Waals surface area (Å²) in [6.45, 7) is 6.01. The third kappa shape index (κ3) is 3.56. The fourth-order valence-corrected chi connectivity index (χ4v) is 2.71. The van der Waals surface area contributed by atoms with E-state index in [1.54, 1.807) is 31.2 Å². The van der Waals surface area contributed by atoms with E-state index in [-0.39, 0.29) is 11.6 Å². The second-order valence-corrected chi connectivity index (χ2v) is 5.53. The summed E-state index contributed by atoms with van der Waals surface area (Å²) >= 11 is 3.42. The zero-order chi connectivity index (χ0) is 17.0. The largest absolute Gasteiger partial charge is 0.493 e. The molecule has 0 radical (unpaired) electrons. The number of carbonyl (C=O) groups excluding carboxylic acids is 2. The van der Waals surface area contributed by atoms with E-state index >= 15 is 0 Å². The van der Waals surface area contributed by atoms with E-state index < -0.39 is 6.03 Å². The summed E-state index contributed by atoms with van der Waals surface area (Å²) in [7, 11) is 1.53. The molecule has 1 aromatic rings. The summed E-state index contributed by atoms with van der Waals surface area (Å²) in [6, 6.07) is 3.09. The van der Waals surface area contributed by atoms with Gasteiger partial charge in [-0.25, -0.2) is 4.79 Å². The fraction of sp³-hybridized carbons (Fsp3) is 0.250. The fourth-order valence-electron chi connectivity index (χ4n) is 2.13. The van der Waals surface area contributed by atoms with Gasteiger partial charge in [0.15, 0.2) is 11.5 Å². The van der Waals surface area contributed by atoms with Crippen LogP contribution in [0.3, 0.4) is 0 Å². The Morgan fingerprint density at radius 3 is 2.70 bits per heavy atom. The third-order valence-corrected chi connectivity index (χ3v) is 3.78. The molecular formula is C16H17BrN2O4. The first kappa shape index (κ1) is 17.1. The minimum Gasteiger partial charge on any atom is -0.493 e. The van der Waals surface area contributed by atoms with Crippen LogP contribution in [0.25, 0.3) is 6.08 Å². The summed E-state index contributed by atoms with van der Waals surface area (Å²) in [5.41, 5.74) is 0.923. The highest BCUT2D eigenvalue weighted by molar-refractivity contribution is 9.10. The SMILES string of the molecule is C=CCOc1c(Br)cc(/C=C2/NC(=O)N(CC)C2=O)cc1OC. The zero-order valence-corrected chi connectivity index (χ0v) is 14.5.